The zero-order valence-corrected chi connectivity index (χ0v) is 16.4. The lowest BCUT2D eigenvalue weighted by atomic mass is 10.0. The molecule has 0 aliphatic carbocycles. The summed E-state index contributed by atoms with van der Waals surface area (Å²) in [4.78, 5) is 12.7. The van der Waals surface area contributed by atoms with Crippen LogP contribution in [0.25, 0.3) is 16.9 Å². The van der Waals surface area contributed by atoms with Gasteiger partial charge in [0.1, 0.15) is 0 Å². The van der Waals surface area contributed by atoms with Gasteiger partial charge in [0.05, 0.1) is 18.0 Å². The Morgan fingerprint density at radius 3 is 2.61 bits per heavy atom. The molecule has 3 rings (SSSR count). The molecule has 2 N–H and O–H groups in total. The second kappa shape index (κ2) is 8.41. The van der Waals surface area contributed by atoms with Crippen molar-refractivity contribution >= 4 is 17.5 Å². The molecule has 0 aliphatic heterocycles. The number of nitrogens with zero attached hydrogens (tertiary/aromatic N) is 6. The number of aliphatic hydroxyl groups excluding tert-OH is 1. The molecule has 1 atom stereocenters. The Morgan fingerprint density at radius 1 is 1.18 bits per heavy atom. The van der Waals surface area contributed by atoms with Crippen LogP contribution in [0.3, 0.4) is 0 Å². The Kier molecular flexibility index (Phi) is 5.96. The lowest BCUT2D eigenvalue weighted by Crippen LogP contribution is -2.35. The first-order valence-corrected chi connectivity index (χ1v) is 9.12. The molecule has 10 heteroatoms. The number of hydrogen-bond donors (Lipinski definition) is 2. The van der Waals surface area contributed by atoms with Crippen LogP contribution in [0.15, 0.2) is 30.3 Å². The molecule has 0 aliphatic rings. The second-order valence-electron chi connectivity index (χ2n) is 6.67. The monoisotopic (exact) mass is 401 g/mol. The number of carbonyl (C=O) groups is 1. The number of aliphatic hydroxyl groups is 1. The molecule has 0 bridgehead atoms. The summed E-state index contributed by atoms with van der Waals surface area (Å²) in [5.41, 5.74) is 2.21. The maximum absolute atomic E-state index is 12.7. The SMILES string of the molecule is CC(C)c1nnnn1-c1cc(C(=O)N[C@@H](C)CO)cc(-c2ccc(Cl)nn2)c1. The highest BCUT2D eigenvalue weighted by atomic mass is 35.5. The molecule has 0 saturated carbocycles. The number of hydrogen-bond acceptors (Lipinski definition) is 7. The van der Waals surface area contributed by atoms with Gasteiger partial charge in [-0.05, 0) is 47.7 Å². The van der Waals surface area contributed by atoms with Crippen molar-refractivity contribution in [1.29, 1.82) is 0 Å². The van der Waals surface area contributed by atoms with Crippen LogP contribution in [0.4, 0.5) is 0 Å². The van der Waals surface area contributed by atoms with Crippen molar-refractivity contribution in [2.75, 3.05) is 6.61 Å². The number of benzene rings is 1. The molecule has 9 nitrogen and oxygen atoms in total. The van der Waals surface area contributed by atoms with Crippen LogP contribution in [0, 0.1) is 0 Å². The normalized spacial score (nSPS) is 12.2. The molecule has 0 unspecified atom stereocenters. The van der Waals surface area contributed by atoms with Crippen molar-refractivity contribution in [3.8, 4) is 16.9 Å². The molecule has 0 spiro atoms. The van der Waals surface area contributed by atoms with Crippen LogP contribution in [-0.4, -0.2) is 54.1 Å². The average Bonchev–Trinajstić information content (AvgIpc) is 3.18. The van der Waals surface area contributed by atoms with E-state index in [-0.39, 0.29) is 29.6 Å². The summed E-state index contributed by atoms with van der Waals surface area (Å²) in [5, 5.41) is 32.1. The number of carbonyl (C=O) groups excluding carboxylic acids is 1. The lowest BCUT2D eigenvalue weighted by molar-refractivity contribution is 0.0922. The van der Waals surface area contributed by atoms with Crippen molar-refractivity contribution in [2.45, 2.75) is 32.7 Å². The quantitative estimate of drug-likeness (QED) is 0.648. The van der Waals surface area contributed by atoms with E-state index in [1.807, 2.05) is 19.9 Å². The van der Waals surface area contributed by atoms with Gasteiger partial charge in [-0.15, -0.1) is 15.3 Å². The van der Waals surface area contributed by atoms with E-state index in [9.17, 15) is 9.90 Å². The van der Waals surface area contributed by atoms with Crippen LogP contribution >= 0.6 is 11.6 Å². The predicted molar refractivity (Wildman–Crippen MR) is 103 cm³/mol. The van der Waals surface area contributed by atoms with E-state index in [2.05, 4.69) is 31.0 Å². The average molecular weight is 402 g/mol. The van der Waals surface area contributed by atoms with Crippen molar-refractivity contribution < 1.29 is 9.90 Å². The maximum atomic E-state index is 12.7. The molecular weight excluding hydrogens is 382 g/mol. The molecule has 0 fully saturated rings. The van der Waals surface area contributed by atoms with Crippen LogP contribution < -0.4 is 5.32 Å². The fourth-order valence-electron chi connectivity index (χ4n) is 2.57. The number of tetrazole rings is 1. The minimum Gasteiger partial charge on any atom is -0.394 e. The summed E-state index contributed by atoms with van der Waals surface area (Å²) >= 11 is 5.83. The largest absolute Gasteiger partial charge is 0.394 e. The zero-order chi connectivity index (χ0) is 20.3. The van der Waals surface area contributed by atoms with E-state index in [1.54, 1.807) is 35.9 Å². The third-order valence-corrected chi connectivity index (χ3v) is 4.22. The topological polar surface area (TPSA) is 119 Å². The van der Waals surface area contributed by atoms with Crippen LogP contribution in [0.2, 0.25) is 5.15 Å². The molecule has 0 radical (unpaired) electrons. The Hall–Kier alpha value is -2.91. The first kappa shape index (κ1) is 19.8. The lowest BCUT2D eigenvalue weighted by Gasteiger charge is -2.14. The highest BCUT2D eigenvalue weighted by molar-refractivity contribution is 6.29. The van der Waals surface area contributed by atoms with E-state index in [4.69, 9.17) is 11.6 Å². The minimum atomic E-state index is -0.380. The molecule has 28 heavy (non-hydrogen) atoms. The summed E-state index contributed by atoms with van der Waals surface area (Å²) in [6.45, 7) is 5.51. The van der Waals surface area contributed by atoms with Gasteiger partial charge in [0.2, 0.25) is 0 Å². The van der Waals surface area contributed by atoms with Crippen molar-refractivity contribution in [1.82, 2.24) is 35.7 Å². The van der Waals surface area contributed by atoms with Crippen molar-refractivity contribution in [3.63, 3.8) is 0 Å². The Balaban J connectivity index is 2.12. The fraction of sp³-hybridized carbons (Fsp3) is 0.333. The Labute approximate surface area is 166 Å². The molecule has 1 aromatic carbocycles. The van der Waals surface area contributed by atoms with Crippen LogP contribution in [-0.2, 0) is 0 Å². The van der Waals surface area contributed by atoms with Gasteiger partial charge in [-0.2, -0.15) is 4.68 Å². The van der Waals surface area contributed by atoms with Gasteiger partial charge in [0.15, 0.2) is 11.0 Å². The van der Waals surface area contributed by atoms with Gasteiger partial charge in [0.25, 0.3) is 5.91 Å². The van der Waals surface area contributed by atoms with E-state index in [0.717, 1.165) is 0 Å². The summed E-state index contributed by atoms with van der Waals surface area (Å²) in [6, 6.07) is 8.17. The molecule has 146 valence electrons. The number of rotatable bonds is 6. The first-order chi connectivity index (χ1) is 13.4. The standard InChI is InChI=1S/C18H20ClN7O2/c1-10(2)17-23-24-25-26(17)14-7-12(15-4-5-16(19)22-21-15)6-13(8-14)18(28)20-11(3)9-27/h4-8,10-11,27H,9H2,1-3H3,(H,20,28)/t11-/m0/s1. The Bertz CT molecular complexity index is 972. The highest BCUT2D eigenvalue weighted by Gasteiger charge is 2.17. The predicted octanol–water partition coefficient (Wildman–Crippen LogP) is 2.01. The Morgan fingerprint density at radius 2 is 1.96 bits per heavy atom. The second-order valence-corrected chi connectivity index (χ2v) is 7.06. The van der Waals surface area contributed by atoms with Gasteiger partial charge in [-0.1, -0.05) is 25.4 Å². The fourth-order valence-corrected chi connectivity index (χ4v) is 2.67. The van der Waals surface area contributed by atoms with Gasteiger partial charge in [-0.25, -0.2) is 0 Å². The van der Waals surface area contributed by atoms with Crippen LogP contribution in [0.5, 0.6) is 0 Å². The summed E-state index contributed by atoms with van der Waals surface area (Å²) in [6.07, 6.45) is 0. The minimum absolute atomic E-state index is 0.0840. The van der Waals surface area contributed by atoms with Gasteiger partial charge >= 0.3 is 0 Å². The van der Waals surface area contributed by atoms with Gasteiger partial charge < -0.3 is 10.4 Å². The molecule has 3 aromatic rings. The van der Waals surface area contributed by atoms with E-state index in [1.165, 1.54) is 0 Å². The molecule has 1 amide bonds. The van der Waals surface area contributed by atoms with Gasteiger partial charge in [-0.3, -0.25) is 4.79 Å². The number of nitrogens with one attached hydrogen (secondary N) is 1. The van der Waals surface area contributed by atoms with Crippen molar-refractivity contribution in [3.05, 3.63) is 46.9 Å². The highest BCUT2D eigenvalue weighted by Crippen LogP contribution is 2.24. The van der Waals surface area contributed by atoms with E-state index >= 15 is 0 Å². The summed E-state index contributed by atoms with van der Waals surface area (Å²) in [7, 11) is 0. The molecular formula is C18H20ClN7O2. The van der Waals surface area contributed by atoms with E-state index < -0.39 is 0 Å². The van der Waals surface area contributed by atoms with Gasteiger partial charge in [0, 0.05) is 23.1 Å². The third kappa shape index (κ3) is 4.32. The van der Waals surface area contributed by atoms with Crippen molar-refractivity contribution in [2.24, 2.45) is 0 Å². The zero-order valence-electron chi connectivity index (χ0n) is 15.7. The number of halogens is 1. The summed E-state index contributed by atoms with van der Waals surface area (Å²) in [5.74, 6) is 0.417. The number of aromatic nitrogens is 6. The van der Waals surface area contributed by atoms with Crippen LogP contribution in [0.1, 0.15) is 42.9 Å². The molecule has 2 heterocycles. The molecule has 2 aromatic heterocycles. The third-order valence-electron chi connectivity index (χ3n) is 4.01. The first-order valence-electron chi connectivity index (χ1n) is 8.74. The van der Waals surface area contributed by atoms with E-state index in [0.29, 0.717) is 28.3 Å². The molecule has 0 saturated heterocycles. The summed E-state index contributed by atoms with van der Waals surface area (Å²) < 4.78 is 1.59. The maximum Gasteiger partial charge on any atom is 0.251 e. The smallest absolute Gasteiger partial charge is 0.251 e. The number of amides is 1.